The Morgan fingerprint density at radius 2 is 2.48 bits per heavy atom. The van der Waals surface area contributed by atoms with Crippen molar-refractivity contribution < 1.29 is 4.79 Å². The Bertz CT molecular complexity index is 478. The van der Waals surface area contributed by atoms with Gasteiger partial charge >= 0.3 is 0 Å². The predicted octanol–water partition coefficient (Wildman–Crippen LogP) is 1.32. The number of nitrogens with zero attached hydrogens (tertiary/aromatic N) is 3. The average Bonchev–Trinajstić information content (AvgIpc) is 3.04. The molecule has 0 aromatic carbocycles. The van der Waals surface area contributed by atoms with E-state index in [2.05, 4.69) is 22.4 Å². The molecule has 7 heteroatoms. The highest BCUT2D eigenvalue weighted by atomic mass is 32.2. The summed E-state index contributed by atoms with van der Waals surface area (Å²) in [7, 11) is 1.94. The van der Waals surface area contributed by atoms with Gasteiger partial charge in [-0.15, -0.1) is 10.2 Å². The van der Waals surface area contributed by atoms with Crippen LogP contribution in [0.2, 0.25) is 0 Å². The largest absolute Gasteiger partial charge is 0.368 e. The van der Waals surface area contributed by atoms with Crippen molar-refractivity contribution in [3.8, 4) is 0 Å². The lowest BCUT2D eigenvalue weighted by Gasteiger charge is -2.33. The number of amides is 1. The number of thioether (sulfide) groups is 1. The molecule has 1 aliphatic rings. The third-order valence-electron chi connectivity index (χ3n) is 4.32. The standard InChI is InChI=1S/C14H25N5OS/c1-3-8-16-14(12(15)20)7-4-5-11(14)6-9-21-13-18-17-10-19(13)2/h10-11,16H,3-9H2,1-2H3,(H2,15,20). The van der Waals surface area contributed by atoms with Gasteiger partial charge in [0.1, 0.15) is 11.9 Å². The van der Waals surface area contributed by atoms with E-state index >= 15 is 0 Å². The van der Waals surface area contributed by atoms with Gasteiger partial charge in [-0.3, -0.25) is 4.79 Å². The first-order chi connectivity index (χ1) is 10.1. The maximum atomic E-state index is 12.0. The Hall–Kier alpha value is -1.08. The van der Waals surface area contributed by atoms with Crippen molar-refractivity contribution in [2.24, 2.45) is 18.7 Å². The minimum atomic E-state index is -0.504. The normalized spacial score (nSPS) is 25.3. The van der Waals surface area contributed by atoms with Crippen LogP contribution < -0.4 is 11.1 Å². The van der Waals surface area contributed by atoms with Crippen LogP contribution in [0.5, 0.6) is 0 Å². The minimum absolute atomic E-state index is 0.192. The third-order valence-corrected chi connectivity index (χ3v) is 5.39. The third kappa shape index (κ3) is 3.58. The second kappa shape index (κ2) is 7.26. The van der Waals surface area contributed by atoms with Crippen LogP contribution in [0.25, 0.3) is 0 Å². The molecule has 0 aliphatic heterocycles. The first-order valence-electron chi connectivity index (χ1n) is 7.62. The summed E-state index contributed by atoms with van der Waals surface area (Å²) in [6, 6.07) is 0. The molecule has 21 heavy (non-hydrogen) atoms. The first-order valence-corrected chi connectivity index (χ1v) is 8.60. The van der Waals surface area contributed by atoms with Gasteiger partial charge in [0, 0.05) is 12.8 Å². The van der Waals surface area contributed by atoms with Crippen LogP contribution in [0.3, 0.4) is 0 Å². The predicted molar refractivity (Wildman–Crippen MR) is 83.9 cm³/mol. The average molecular weight is 311 g/mol. The molecule has 1 fully saturated rings. The molecule has 0 radical (unpaired) electrons. The summed E-state index contributed by atoms with van der Waals surface area (Å²) in [5.74, 6) is 1.06. The lowest BCUT2D eigenvalue weighted by molar-refractivity contribution is -0.126. The van der Waals surface area contributed by atoms with Crippen molar-refractivity contribution in [3.05, 3.63) is 6.33 Å². The van der Waals surface area contributed by atoms with Gasteiger partial charge in [-0.05, 0) is 38.1 Å². The van der Waals surface area contributed by atoms with Crippen LogP contribution in [-0.2, 0) is 11.8 Å². The molecular formula is C14H25N5OS. The lowest BCUT2D eigenvalue weighted by Crippen LogP contribution is -2.58. The van der Waals surface area contributed by atoms with E-state index in [0.29, 0.717) is 5.92 Å². The van der Waals surface area contributed by atoms with Gasteiger partial charge in [0.25, 0.3) is 0 Å². The zero-order valence-electron chi connectivity index (χ0n) is 12.8. The number of carbonyl (C=O) groups excluding carboxylic acids is 1. The van der Waals surface area contributed by atoms with E-state index in [4.69, 9.17) is 5.73 Å². The number of primary amides is 1. The summed E-state index contributed by atoms with van der Waals surface area (Å²) in [4.78, 5) is 12.0. The van der Waals surface area contributed by atoms with Crippen molar-refractivity contribution in [1.29, 1.82) is 0 Å². The molecule has 0 spiro atoms. The zero-order chi connectivity index (χ0) is 15.3. The molecule has 2 atom stereocenters. The number of hydrogen-bond acceptors (Lipinski definition) is 5. The number of aryl methyl sites for hydroxylation is 1. The quantitative estimate of drug-likeness (QED) is 0.707. The van der Waals surface area contributed by atoms with Crippen molar-refractivity contribution in [2.45, 2.75) is 49.7 Å². The molecule has 1 amide bonds. The molecule has 118 valence electrons. The molecule has 0 bridgehead atoms. The molecule has 0 saturated heterocycles. The molecule has 1 heterocycles. The van der Waals surface area contributed by atoms with Crippen LogP contribution in [-0.4, -0.2) is 38.5 Å². The molecule has 2 rings (SSSR count). The molecule has 6 nitrogen and oxygen atoms in total. The number of aromatic nitrogens is 3. The van der Waals surface area contributed by atoms with Crippen molar-refractivity contribution in [2.75, 3.05) is 12.3 Å². The maximum absolute atomic E-state index is 12.0. The van der Waals surface area contributed by atoms with Gasteiger partial charge in [0.05, 0.1) is 0 Å². The summed E-state index contributed by atoms with van der Waals surface area (Å²) >= 11 is 1.69. The fourth-order valence-electron chi connectivity index (χ4n) is 3.16. The van der Waals surface area contributed by atoms with Gasteiger partial charge in [-0.2, -0.15) is 0 Å². The number of nitrogens with two attached hydrogens (primary N) is 1. The van der Waals surface area contributed by atoms with Gasteiger partial charge < -0.3 is 15.6 Å². The smallest absolute Gasteiger partial charge is 0.238 e. The highest BCUT2D eigenvalue weighted by molar-refractivity contribution is 7.99. The summed E-state index contributed by atoms with van der Waals surface area (Å²) in [5.41, 5.74) is 5.22. The van der Waals surface area contributed by atoms with Crippen molar-refractivity contribution >= 4 is 17.7 Å². The maximum Gasteiger partial charge on any atom is 0.238 e. The highest BCUT2D eigenvalue weighted by Gasteiger charge is 2.46. The fraction of sp³-hybridized carbons (Fsp3) is 0.786. The Morgan fingerprint density at radius 1 is 1.67 bits per heavy atom. The Balaban J connectivity index is 1.93. The van der Waals surface area contributed by atoms with Gasteiger partial charge in [-0.1, -0.05) is 25.1 Å². The Morgan fingerprint density at radius 3 is 3.10 bits per heavy atom. The lowest BCUT2D eigenvalue weighted by atomic mass is 9.84. The molecule has 1 aromatic heterocycles. The summed E-state index contributed by atoms with van der Waals surface area (Å²) in [6.45, 7) is 2.95. The summed E-state index contributed by atoms with van der Waals surface area (Å²) in [6.07, 6.45) is 6.68. The molecule has 2 unspecified atom stereocenters. The molecule has 1 saturated carbocycles. The number of nitrogens with one attached hydrogen (secondary N) is 1. The molecular weight excluding hydrogens is 286 g/mol. The van der Waals surface area contributed by atoms with Crippen LogP contribution in [0.15, 0.2) is 11.5 Å². The van der Waals surface area contributed by atoms with E-state index in [9.17, 15) is 4.79 Å². The van der Waals surface area contributed by atoms with E-state index in [1.807, 2.05) is 11.6 Å². The highest BCUT2D eigenvalue weighted by Crippen LogP contribution is 2.39. The van der Waals surface area contributed by atoms with Crippen LogP contribution >= 0.6 is 11.8 Å². The van der Waals surface area contributed by atoms with Crippen molar-refractivity contribution in [1.82, 2.24) is 20.1 Å². The first kappa shape index (κ1) is 16.3. The molecule has 3 N–H and O–H groups in total. The number of rotatable bonds is 8. The van der Waals surface area contributed by atoms with Crippen molar-refractivity contribution in [3.63, 3.8) is 0 Å². The van der Waals surface area contributed by atoms with Gasteiger partial charge in [0.2, 0.25) is 5.91 Å². The van der Waals surface area contributed by atoms with Crippen LogP contribution in [0.4, 0.5) is 0 Å². The van der Waals surface area contributed by atoms with E-state index in [0.717, 1.165) is 49.6 Å². The van der Waals surface area contributed by atoms with E-state index < -0.39 is 5.54 Å². The topological polar surface area (TPSA) is 85.8 Å². The van der Waals surface area contributed by atoms with Gasteiger partial charge in [-0.25, -0.2) is 0 Å². The SMILES string of the molecule is CCCNC1(C(N)=O)CCCC1CCSc1nncn1C. The number of carbonyl (C=O) groups is 1. The van der Waals surface area contributed by atoms with Crippen LogP contribution in [0.1, 0.15) is 39.0 Å². The molecule has 1 aromatic rings. The second-order valence-electron chi connectivity index (χ2n) is 5.71. The van der Waals surface area contributed by atoms with Crippen LogP contribution in [0, 0.1) is 5.92 Å². The fourth-order valence-corrected chi connectivity index (χ4v) is 4.10. The Kier molecular flexibility index (Phi) is 5.64. The molecule has 1 aliphatic carbocycles. The zero-order valence-corrected chi connectivity index (χ0v) is 13.7. The van der Waals surface area contributed by atoms with E-state index in [1.165, 1.54) is 0 Å². The Labute approximate surface area is 130 Å². The van der Waals surface area contributed by atoms with Gasteiger partial charge in [0.15, 0.2) is 5.16 Å². The number of hydrogen-bond donors (Lipinski definition) is 2. The minimum Gasteiger partial charge on any atom is -0.368 e. The summed E-state index contributed by atoms with van der Waals surface area (Å²) in [5, 5.41) is 12.3. The monoisotopic (exact) mass is 311 g/mol. The van der Waals surface area contributed by atoms with E-state index in [1.54, 1.807) is 18.1 Å². The summed E-state index contributed by atoms with van der Waals surface area (Å²) < 4.78 is 1.91. The van der Waals surface area contributed by atoms with E-state index in [-0.39, 0.29) is 5.91 Å². The second-order valence-corrected chi connectivity index (χ2v) is 6.78.